The minimum atomic E-state index is -0.558. The summed E-state index contributed by atoms with van der Waals surface area (Å²) in [5.74, 6) is -0.157. The van der Waals surface area contributed by atoms with Gasteiger partial charge < -0.3 is 15.0 Å². The second-order valence-electron chi connectivity index (χ2n) is 6.21. The van der Waals surface area contributed by atoms with E-state index in [0.717, 1.165) is 38.6 Å². The van der Waals surface area contributed by atoms with Gasteiger partial charge in [-0.25, -0.2) is 0 Å². The third-order valence-electron chi connectivity index (χ3n) is 4.60. The van der Waals surface area contributed by atoms with Gasteiger partial charge in [0.15, 0.2) is 0 Å². The molecule has 2 fully saturated rings. The maximum absolute atomic E-state index is 11.9. The summed E-state index contributed by atoms with van der Waals surface area (Å²) >= 11 is 0. The molecule has 5 heteroatoms. The van der Waals surface area contributed by atoms with Gasteiger partial charge in [-0.2, -0.15) is 0 Å². The number of carbonyl (C=O) groups excluding carboxylic acids is 1. The maximum Gasteiger partial charge on any atom is 0.325 e. The van der Waals surface area contributed by atoms with Gasteiger partial charge in [0.25, 0.3) is 0 Å². The largest absolute Gasteiger partial charge is 0.468 e. The number of esters is 1. The number of piperazine rings is 1. The first kappa shape index (κ1) is 15.7. The average molecular weight is 283 g/mol. The van der Waals surface area contributed by atoms with Gasteiger partial charge in [-0.15, -0.1) is 0 Å². The summed E-state index contributed by atoms with van der Waals surface area (Å²) in [5, 5.41) is 3.27. The second-order valence-corrected chi connectivity index (χ2v) is 6.21. The molecule has 1 atom stereocenters. The van der Waals surface area contributed by atoms with E-state index in [1.165, 1.54) is 33.0 Å². The molecule has 0 aromatic heterocycles. The lowest BCUT2D eigenvalue weighted by molar-refractivity contribution is -0.148. The molecule has 0 bridgehead atoms. The molecule has 116 valence electrons. The predicted octanol–water partition coefficient (Wildman–Crippen LogP) is 0.698. The van der Waals surface area contributed by atoms with Gasteiger partial charge in [-0.3, -0.25) is 9.69 Å². The fourth-order valence-electron chi connectivity index (χ4n) is 3.05. The Morgan fingerprint density at radius 2 is 1.95 bits per heavy atom. The van der Waals surface area contributed by atoms with Crippen molar-refractivity contribution >= 4 is 5.97 Å². The number of nitrogens with zero attached hydrogens (tertiary/aromatic N) is 2. The van der Waals surface area contributed by atoms with Crippen molar-refractivity contribution in [1.82, 2.24) is 15.1 Å². The summed E-state index contributed by atoms with van der Waals surface area (Å²) in [4.78, 5) is 17.0. The molecule has 5 nitrogen and oxygen atoms in total. The lowest BCUT2D eigenvalue weighted by Crippen LogP contribution is -2.53. The van der Waals surface area contributed by atoms with Gasteiger partial charge in [0.2, 0.25) is 0 Å². The number of ether oxygens (including phenoxy) is 1. The number of methoxy groups -OCH3 is 1. The first-order valence-corrected chi connectivity index (χ1v) is 7.89. The highest BCUT2D eigenvalue weighted by Gasteiger charge is 2.35. The van der Waals surface area contributed by atoms with Crippen LogP contribution in [0.1, 0.15) is 33.1 Å². The van der Waals surface area contributed by atoms with Gasteiger partial charge in [0.1, 0.15) is 5.54 Å². The number of likely N-dealkylation sites (N-methyl/N-ethyl adjacent to an activating group) is 1. The van der Waals surface area contributed by atoms with Crippen molar-refractivity contribution in [3.63, 3.8) is 0 Å². The quantitative estimate of drug-likeness (QED) is 0.697. The number of hydrogen-bond donors (Lipinski definition) is 1. The Morgan fingerprint density at radius 3 is 2.45 bits per heavy atom. The summed E-state index contributed by atoms with van der Waals surface area (Å²) in [6.45, 7) is 10.3. The Balaban J connectivity index is 1.76. The molecule has 1 saturated carbocycles. The Morgan fingerprint density at radius 1 is 1.30 bits per heavy atom. The van der Waals surface area contributed by atoms with E-state index in [9.17, 15) is 4.79 Å². The van der Waals surface area contributed by atoms with E-state index in [1.54, 1.807) is 0 Å². The predicted molar refractivity (Wildman–Crippen MR) is 79.7 cm³/mol. The molecular weight excluding hydrogens is 254 g/mol. The summed E-state index contributed by atoms with van der Waals surface area (Å²) in [5.41, 5.74) is -0.558. The van der Waals surface area contributed by atoms with Gasteiger partial charge in [0.05, 0.1) is 7.11 Å². The van der Waals surface area contributed by atoms with Crippen molar-refractivity contribution in [2.75, 3.05) is 46.4 Å². The topological polar surface area (TPSA) is 44.8 Å². The van der Waals surface area contributed by atoms with Crippen LogP contribution in [0.3, 0.4) is 0 Å². The van der Waals surface area contributed by atoms with Gasteiger partial charge in [0, 0.05) is 38.8 Å². The molecule has 1 unspecified atom stereocenters. The summed E-state index contributed by atoms with van der Waals surface area (Å²) in [6, 6.07) is 0.874. The standard InChI is InChI=1S/C15H29N3O2/c1-4-16-15(2,14(19)20-3)7-8-17-9-11-18(12-10-17)13-5-6-13/h13,16H,4-12H2,1-3H3. The molecule has 1 heterocycles. The molecule has 0 amide bonds. The van der Waals surface area contributed by atoms with Crippen molar-refractivity contribution in [1.29, 1.82) is 0 Å². The molecule has 0 aromatic rings. The van der Waals surface area contributed by atoms with Crippen molar-refractivity contribution in [2.24, 2.45) is 0 Å². The fourth-order valence-corrected chi connectivity index (χ4v) is 3.05. The van der Waals surface area contributed by atoms with Crippen molar-refractivity contribution in [2.45, 2.75) is 44.7 Å². The Labute approximate surface area is 122 Å². The Hall–Kier alpha value is -0.650. The minimum absolute atomic E-state index is 0.157. The van der Waals surface area contributed by atoms with Crippen LogP contribution in [-0.2, 0) is 9.53 Å². The highest BCUT2D eigenvalue weighted by molar-refractivity contribution is 5.80. The Kier molecular flexibility index (Phi) is 5.41. The van der Waals surface area contributed by atoms with Crippen LogP contribution in [0.5, 0.6) is 0 Å². The summed E-state index contributed by atoms with van der Waals surface area (Å²) in [6.07, 6.45) is 3.58. The molecule has 2 aliphatic rings. The molecule has 1 saturated heterocycles. The smallest absolute Gasteiger partial charge is 0.325 e. The highest BCUT2D eigenvalue weighted by Crippen LogP contribution is 2.27. The van der Waals surface area contributed by atoms with E-state index in [-0.39, 0.29) is 5.97 Å². The van der Waals surface area contributed by atoms with Crippen LogP contribution in [0.15, 0.2) is 0 Å². The van der Waals surface area contributed by atoms with Crippen LogP contribution in [0.4, 0.5) is 0 Å². The van der Waals surface area contributed by atoms with Gasteiger partial charge in [-0.05, 0) is 32.7 Å². The van der Waals surface area contributed by atoms with Crippen LogP contribution < -0.4 is 5.32 Å². The van der Waals surface area contributed by atoms with Crippen molar-refractivity contribution in [3.05, 3.63) is 0 Å². The highest BCUT2D eigenvalue weighted by atomic mass is 16.5. The van der Waals surface area contributed by atoms with E-state index < -0.39 is 5.54 Å². The van der Waals surface area contributed by atoms with Crippen molar-refractivity contribution < 1.29 is 9.53 Å². The molecule has 0 spiro atoms. The van der Waals surface area contributed by atoms with Crippen molar-refractivity contribution in [3.8, 4) is 0 Å². The fraction of sp³-hybridized carbons (Fsp3) is 0.933. The molecule has 1 N–H and O–H groups in total. The zero-order valence-electron chi connectivity index (χ0n) is 13.2. The van der Waals surface area contributed by atoms with Crippen LogP contribution in [0.2, 0.25) is 0 Å². The summed E-state index contributed by atoms with van der Waals surface area (Å²) < 4.78 is 4.94. The average Bonchev–Trinajstić information content (AvgIpc) is 3.30. The molecular formula is C15H29N3O2. The first-order chi connectivity index (χ1) is 9.59. The van der Waals surface area contributed by atoms with E-state index in [2.05, 4.69) is 15.1 Å². The zero-order valence-corrected chi connectivity index (χ0v) is 13.2. The minimum Gasteiger partial charge on any atom is -0.468 e. The number of nitrogens with one attached hydrogen (secondary N) is 1. The van der Waals surface area contributed by atoms with E-state index in [4.69, 9.17) is 4.74 Å². The maximum atomic E-state index is 11.9. The zero-order chi connectivity index (χ0) is 14.6. The number of carbonyl (C=O) groups is 1. The third kappa shape index (κ3) is 3.93. The van der Waals surface area contributed by atoms with E-state index in [1.807, 2.05) is 13.8 Å². The van der Waals surface area contributed by atoms with E-state index >= 15 is 0 Å². The van der Waals surface area contributed by atoms with Crippen LogP contribution >= 0.6 is 0 Å². The van der Waals surface area contributed by atoms with Crippen LogP contribution in [0.25, 0.3) is 0 Å². The van der Waals surface area contributed by atoms with Crippen LogP contribution in [-0.4, -0.2) is 73.7 Å². The summed E-state index contributed by atoms with van der Waals surface area (Å²) in [7, 11) is 1.46. The molecule has 1 aliphatic heterocycles. The Bertz CT molecular complexity index is 325. The second kappa shape index (κ2) is 6.87. The van der Waals surface area contributed by atoms with E-state index in [0.29, 0.717) is 0 Å². The molecule has 2 rings (SSSR count). The first-order valence-electron chi connectivity index (χ1n) is 7.89. The van der Waals surface area contributed by atoms with Gasteiger partial charge in [-0.1, -0.05) is 6.92 Å². The number of rotatable bonds is 7. The van der Waals surface area contributed by atoms with Gasteiger partial charge >= 0.3 is 5.97 Å². The molecule has 0 aromatic carbocycles. The van der Waals surface area contributed by atoms with Crippen LogP contribution in [0, 0.1) is 0 Å². The lowest BCUT2D eigenvalue weighted by atomic mass is 9.97. The molecule has 0 radical (unpaired) electrons. The normalized spacial score (nSPS) is 24.4. The molecule has 20 heavy (non-hydrogen) atoms. The lowest BCUT2D eigenvalue weighted by Gasteiger charge is -2.37. The number of hydrogen-bond acceptors (Lipinski definition) is 5. The third-order valence-corrected chi connectivity index (χ3v) is 4.60. The molecule has 1 aliphatic carbocycles. The SMILES string of the molecule is CCNC(C)(CCN1CCN(C2CC2)CC1)C(=O)OC. The monoisotopic (exact) mass is 283 g/mol.